The molecule has 0 fully saturated rings. The summed E-state index contributed by atoms with van der Waals surface area (Å²) in [5.74, 6) is 0.280. The Kier molecular flexibility index (Phi) is 7.30. The maximum absolute atomic E-state index is 12.5. The van der Waals surface area contributed by atoms with Crippen molar-refractivity contribution < 1.29 is 27.8 Å². The van der Waals surface area contributed by atoms with Crippen LogP contribution in [0.3, 0.4) is 0 Å². The second kappa shape index (κ2) is 8.47. The minimum atomic E-state index is -4.41. The van der Waals surface area contributed by atoms with Gasteiger partial charge in [0.1, 0.15) is 0 Å². The number of halogens is 3. The summed E-state index contributed by atoms with van der Waals surface area (Å²) in [5, 5.41) is 9.68. The molecule has 1 atom stereocenters. The number of thioether (sulfide) groups is 1. The second-order valence-electron chi connectivity index (χ2n) is 4.28. The first-order valence-electron chi connectivity index (χ1n) is 6.19. The lowest BCUT2D eigenvalue weighted by Gasteiger charge is -2.13. The number of hydrogen-bond acceptors (Lipinski definition) is 5. The highest BCUT2D eigenvalue weighted by Gasteiger charge is 2.30. The van der Waals surface area contributed by atoms with Crippen molar-refractivity contribution in [3.63, 3.8) is 0 Å². The number of anilines is 1. The van der Waals surface area contributed by atoms with Crippen LogP contribution in [-0.2, 0) is 15.7 Å². The van der Waals surface area contributed by atoms with Gasteiger partial charge in [-0.1, -0.05) is 0 Å². The van der Waals surface area contributed by atoms with E-state index in [1.807, 2.05) is 0 Å². The van der Waals surface area contributed by atoms with Gasteiger partial charge in [-0.2, -0.15) is 13.2 Å². The van der Waals surface area contributed by atoms with Gasteiger partial charge in [-0.15, -0.1) is 11.8 Å². The Labute approximate surface area is 125 Å². The number of hydrogen-bond donors (Lipinski definition) is 2. The van der Waals surface area contributed by atoms with Gasteiger partial charge in [-0.25, -0.2) is 0 Å². The maximum Gasteiger partial charge on any atom is 0.416 e. The van der Waals surface area contributed by atoms with E-state index in [2.05, 4.69) is 0 Å². The van der Waals surface area contributed by atoms with Gasteiger partial charge >= 0.3 is 6.18 Å². The van der Waals surface area contributed by atoms with E-state index in [0.29, 0.717) is 18.1 Å². The van der Waals surface area contributed by atoms with Crippen LogP contribution in [0.4, 0.5) is 18.9 Å². The van der Waals surface area contributed by atoms with E-state index in [9.17, 15) is 18.3 Å². The van der Waals surface area contributed by atoms with Crippen LogP contribution in [0.15, 0.2) is 23.1 Å². The summed E-state index contributed by atoms with van der Waals surface area (Å²) >= 11 is 1.18. The van der Waals surface area contributed by atoms with Crippen LogP contribution in [0.25, 0.3) is 0 Å². The quantitative estimate of drug-likeness (QED) is 0.436. The molecular formula is C13H18F3NO3S. The number of aliphatic hydroxyl groups is 1. The first kappa shape index (κ1) is 18.1. The number of nitrogens with two attached hydrogens (primary N) is 1. The number of aliphatic hydroxyl groups excluding tert-OH is 1. The fourth-order valence-corrected chi connectivity index (χ4v) is 2.31. The Morgan fingerprint density at radius 1 is 1.33 bits per heavy atom. The second-order valence-corrected chi connectivity index (χ2v) is 5.34. The third-order valence-corrected chi connectivity index (χ3v) is 3.74. The van der Waals surface area contributed by atoms with E-state index in [-0.39, 0.29) is 18.0 Å². The van der Waals surface area contributed by atoms with Gasteiger partial charge in [0.2, 0.25) is 0 Å². The zero-order valence-corrected chi connectivity index (χ0v) is 12.3. The van der Waals surface area contributed by atoms with E-state index >= 15 is 0 Å². The minimum absolute atomic E-state index is 0.0438. The number of benzene rings is 1. The van der Waals surface area contributed by atoms with Crippen molar-refractivity contribution in [3.05, 3.63) is 23.8 Å². The standard InChI is InChI=1S/C13H18F3NO3S/c1-19-4-5-20-7-10(18)8-21-12-3-2-9(6-11(12)17)13(14,15)16/h2-3,6,10,18H,4-5,7-8,17H2,1H3. The molecule has 1 aromatic rings. The fraction of sp³-hybridized carbons (Fsp3) is 0.538. The predicted octanol–water partition coefficient (Wildman–Crippen LogP) is 2.40. The topological polar surface area (TPSA) is 64.7 Å². The minimum Gasteiger partial charge on any atom is -0.398 e. The zero-order valence-electron chi connectivity index (χ0n) is 11.5. The molecule has 0 saturated carbocycles. The van der Waals surface area contributed by atoms with Crippen molar-refractivity contribution in [1.29, 1.82) is 0 Å². The molecule has 0 aromatic heterocycles. The number of alkyl halides is 3. The lowest BCUT2D eigenvalue weighted by Crippen LogP contribution is -2.19. The van der Waals surface area contributed by atoms with Crippen LogP contribution in [-0.4, -0.2) is 43.9 Å². The Balaban J connectivity index is 2.45. The van der Waals surface area contributed by atoms with E-state index in [1.165, 1.54) is 17.8 Å². The molecule has 0 bridgehead atoms. The van der Waals surface area contributed by atoms with Crippen LogP contribution >= 0.6 is 11.8 Å². The van der Waals surface area contributed by atoms with E-state index < -0.39 is 17.8 Å². The summed E-state index contributed by atoms with van der Waals surface area (Å²) in [7, 11) is 1.54. The van der Waals surface area contributed by atoms with Crippen LogP contribution in [0.2, 0.25) is 0 Å². The number of methoxy groups -OCH3 is 1. The average molecular weight is 325 g/mol. The molecule has 1 unspecified atom stereocenters. The number of ether oxygens (including phenoxy) is 2. The molecule has 0 amide bonds. The van der Waals surface area contributed by atoms with Crippen molar-refractivity contribution in [1.82, 2.24) is 0 Å². The van der Waals surface area contributed by atoms with Gasteiger partial charge in [0.15, 0.2) is 0 Å². The van der Waals surface area contributed by atoms with Crippen molar-refractivity contribution in [2.75, 3.05) is 38.4 Å². The van der Waals surface area contributed by atoms with Crippen molar-refractivity contribution in [3.8, 4) is 0 Å². The molecule has 120 valence electrons. The lowest BCUT2D eigenvalue weighted by atomic mass is 10.2. The third kappa shape index (κ3) is 6.56. The smallest absolute Gasteiger partial charge is 0.398 e. The summed E-state index contributed by atoms with van der Waals surface area (Å²) in [6.45, 7) is 0.948. The largest absolute Gasteiger partial charge is 0.416 e. The van der Waals surface area contributed by atoms with Crippen molar-refractivity contribution in [2.24, 2.45) is 0 Å². The van der Waals surface area contributed by atoms with E-state index in [1.54, 1.807) is 7.11 Å². The molecule has 4 nitrogen and oxygen atoms in total. The van der Waals surface area contributed by atoms with Crippen LogP contribution in [0, 0.1) is 0 Å². The van der Waals surface area contributed by atoms with Gasteiger partial charge in [-0.3, -0.25) is 0 Å². The molecule has 0 radical (unpaired) electrons. The third-order valence-electron chi connectivity index (χ3n) is 2.51. The summed E-state index contributed by atoms with van der Waals surface area (Å²) in [4.78, 5) is 0.499. The molecule has 0 aliphatic carbocycles. The Bertz CT molecular complexity index is 443. The van der Waals surface area contributed by atoms with Crippen LogP contribution in [0.1, 0.15) is 5.56 Å². The average Bonchev–Trinajstić information content (AvgIpc) is 2.41. The van der Waals surface area contributed by atoms with Gasteiger partial charge in [0, 0.05) is 23.4 Å². The van der Waals surface area contributed by atoms with Crippen molar-refractivity contribution >= 4 is 17.4 Å². The molecule has 0 heterocycles. The summed E-state index contributed by atoms with van der Waals surface area (Å²) in [5.41, 5.74) is 4.85. The first-order valence-corrected chi connectivity index (χ1v) is 7.17. The Morgan fingerprint density at radius 2 is 2.05 bits per heavy atom. The highest BCUT2D eigenvalue weighted by atomic mass is 32.2. The lowest BCUT2D eigenvalue weighted by molar-refractivity contribution is -0.137. The van der Waals surface area contributed by atoms with Crippen LogP contribution in [0.5, 0.6) is 0 Å². The normalized spacial score (nSPS) is 13.4. The van der Waals surface area contributed by atoms with Gasteiger partial charge in [0.25, 0.3) is 0 Å². The molecule has 3 N–H and O–H groups in total. The Hall–Kier alpha value is -0.960. The fourth-order valence-electron chi connectivity index (χ4n) is 1.45. The zero-order chi connectivity index (χ0) is 15.9. The van der Waals surface area contributed by atoms with Gasteiger partial charge in [-0.05, 0) is 18.2 Å². The molecule has 0 aliphatic heterocycles. The Morgan fingerprint density at radius 3 is 2.62 bits per heavy atom. The molecule has 21 heavy (non-hydrogen) atoms. The molecule has 0 saturated heterocycles. The number of rotatable bonds is 8. The molecule has 8 heteroatoms. The van der Waals surface area contributed by atoms with Crippen molar-refractivity contribution in [2.45, 2.75) is 17.2 Å². The molecule has 1 aromatic carbocycles. The monoisotopic (exact) mass is 325 g/mol. The summed E-state index contributed by atoms with van der Waals surface area (Å²) in [6.07, 6.45) is -5.14. The highest BCUT2D eigenvalue weighted by Crippen LogP contribution is 2.34. The maximum atomic E-state index is 12.5. The SMILES string of the molecule is COCCOCC(O)CSc1ccc(C(F)(F)F)cc1N. The van der Waals surface area contributed by atoms with Gasteiger partial charge in [0.05, 0.1) is 31.5 Å². The summed E-state index contributed by atoms with van der Waals surface area (Å²) in [6, 6.07) is 3.17. The predicted molar refractivity (Wildman–Crippen MR) is 75.3 cm³/mol. The molecule has 1 rings (SSSR count). The van der Waals surface area contributed by atoms with E-state index in [4.69, 9.17) is 15.2 Å². The number of nitrogen functional groups attached to an aromatic ring is 1. The first-order chi connectivity index (χ1) is 9.84. The van der Waals surface area contributed by atoms with E-state index in [0.717, 1.165) is 12.1 Å². The molecule has 0 aliphatic rings. The molecular weight excluding hydrogens is 307 g/mol. The van der Waals surface area contributed by atoms with Gasteiger partial charge < -0.3 is 20.3 Å². The summed E-state index contributed by atoms with van der Waals surface area (Å²) < 4.78 is 47.4. The highest BCUT2D eigenvalue weighted by molar-refractivity contribution is 7.99. The molecule has 0 spiro atoms. The van der Waals surface area contributed by atoms with Crippen LogP contribution < -0.4 is 5.73 Å².